The predicted molar refractivity (Wildman–Crippen MR) is 119 cm³/mol. The van der Waals surface area contributed by atoms with Crippen molar-refractivity contribution in [2.75, 3.05) is 11.9 Å². The highest BCUT2D eigenvalue weighted by molar-refractivity contribution is 5.99. The molecule has 1 aliphatic rings. The van der Waals surface area contributed by atoms with Gasteiger partial charge >= 0.3 is 0 Å². The van der Waals surface area contributed by atoms with Gasteiger partial charge in [-0.05, 0) is 39.6 Å². The fourth-order valence-electron chi connectivity index (χ4n) is 4.19. The fraction of sp³-hybridized carbons (Fsp3) is 0.120. The molecule has 0 aliphatic carbocycles. The highest BCUT2D eigenvalue weighted by atomic mass is 16.5. The molecule has 5 heteroatoms. The summed E-state index contributed by atoms with van der Waals surface area (Å²) < 4.78 is 7.57. The van der Waals surface area contributed by atoms with E-state index in [0.717, 1.165) is 41.4 Å². The smallest absolute Gasteiger partial charge is 0.165 e. The zero-order valence-electron chi connectivity index (χ0n) is 16.4. The van der Waals surface area contributed by atoms with E-state index in [1.54, 1.807) is 0 Å². The average molecular weight is 392 g/mol. The van der Waals surface area contributed by atoms with Crippen molar-refractivity contribution in [3.8, 4) is 16.9 Å². The van der Waals surface area contributed by atoms with Crippen LogP contribution in [0.15, 0.2) is 79.1 Å². The molecule has 5 aromatic rings. The minimum atomic E-state index is 0.694. The van der Waals surface area contributed by atoms with Gasteiger partial charge < -0.3 is 10.1 Å². The van der Waals surface area contributed by atoms with Gasteiger partial charge in [0.15, 0.2) is 5.65 Å². The molecule has 0 saturated carbocycles. The summed E-state index contributed by atoms with van der Waals surface area (Å²) in [4.78, 5) is 4.63. The molecular formula is C25H20N4O. The molecule has 2 aromatic heterocycles. The number of nitrogens with one attached hydrogen (secondary N) is 1. The van der Waals surface area contributed by atoms with Crippen molar-refractivity contribution in [3.05, 3.63) is 90.3 Å². The summed E-state index contributed by atoms with van der Waals surface area (Å²) in [6.07, 6.45) is 4.73. The monoisotopic (exact) mass is 392 g/mol. The summed E-state index contributed by atoms with van der Waals surface area (Å²) in [5, 5.41) is 10.6. The third-order valence-electron chi connectivity index (χ3n) is 5.72. The number of benzene rings is 3. The standard InChI is InChI=1S/C25H20N4O/c1-2-6-20-18(4-1)5-3-7-21(20)22-16-28-29-24(10-12-26-25(22)29)27-15-17-8-9-19-11-13-30-23(19)14-17/h1-10,12,14,16,27H,11,13,15H2. The van der Waals surface area contributed by atoms with Gasteiger partial charge in [0, 0.05) is 24.7 Å². The molecule has 0 atom stereocenters. The minimum absolute atomic E-state index is 0.694. The number of aromatic nitrogens is 3. The molecule has 6 rings (SSSR count). The van der Waals surface area contributed by atoms with Crippen LogP contribution in [0.3, 0.4) is 0 Å². The molecule has 0 unspecified atom stereocenters. The molecule has 5 nitrogen and oxygen atoms in total. The van der Waals surface area contributed by atoms with Crippen molar-refractivity contribution in [2.45, 2.75) is 13.0 Å². The Morgan fingerprint density at radius 3 is 2.90 bits per heavy atom. The lowest BCUT2D eigenvalue weighted by Crippen LogP contribution is -2.05. The van der Waals surface area contributed by atoms with Crippen LogP contribution in [-0.4, -0.2) is 21.2 Å². The zero-order valence-corrected chi connectivity index (χ0v) is 16.4. The van der Waals surface area contributed by atoms with Gasteiger partial charge in [0.05, 0.1) is 12.8 Å². The first-order valence-electron chi connectivity index (χ1n) is 10.2. The second kappa shape index (κ2) is 6.88. The van der Waals surface area contributed by atoms with Gasteiger partial charge in [0.2, 0.25) is 0 Å². The molecule has 3 heterocycles. The maximum Gasteiger partial charge on any atom is 0.165 e. The summed E-state index contributed by atoms with van der Waals surface area (Å²) in [5.74, 6) is 1.92. The first kappa shape index (κ1) is 17.0. The molecule has 0 spiro atoms. The Labute approximate surface area is 174 Å². The first-order valence-corrected chi connectivity index (χ1v) is 10.2. The molecule has 0 saturated heterocycles. The van der Waals surface area contributed by atoms with E-state index in [-0.39, 0.29) is 0 Å². The van der Waals surface area contributed by atoms with Crippen molar-refractivity contribution in [3.63, 3.8) is 0 Å². The Bertz CT molecular complexity index is 1380. The van der Waals surface area contributed by atoms with Crippen LogP contribution in [0.2, 0.25) is 0 Å². The molecule has 1 aliphatic heterocycles. The van der Waals surface area contributed by atoms with Crippen molar-refractivity contribution in [1.82, 2.24) is 14.6 Å². The molecule has 1 N–H and O–H groups in total. The molecule has 146 valence electrons. The number of hydrogen-bond donors (Lipinski definition) is 1. The normalized spacial score (nSPS) is 12.8. The van der Waals surface area contributed by atoms with E-state index < -0.39 is 0 Å². The van der Waals surface area contributed by atoms with Crippen molar-refractivity contribution >= 4 is 22.2 Å². The summed E-state index contributed by atoms with van der Waals surface area (Å²) >= 11 is 0. The zero-order chi connectivity index (χ0) is 19.9. The van der Waals surface area contributed by atoms with Crippen LogP contribution in [0.4, 0.5) is 5.82 Å². The molecule has 3 aromatic carbocycles. The maximum absolute atomic E-state index is 5.69. The molecule has 0 bridgehead atoms. The van der Waals surface area contributed by atoms with E-state index in [4.69, 9.17) is 4.74 Å². The summed E-state index contributed by atoms with van der Waals surface area (Å²) in [5.41, 5.74) is 5.48. The molecule has 30 heavy (non-hydrogen) atoms. The SMILES string of the molecule is c1ccc2c(-c3cnn4c(NCc5ccc6c(c5)OCC6)ccnc34)cccc2c1. The second-order valence-electron chi connectivity index (χ2n) is 7.54. The largest absolute Gasteiger partial charge is 0.493 e. The topological polar surface area (TPSA) is 51.5 Å². The third-order valence-corrected chi connectivity index (χ3v) is 5.72. The van der Waals surface area contributed by atoms with E-state index >= 15 is 0 Å². The highest BCUT2D eigenvalue weighted by Crippen LogP contribution is 2.32. The predicted octanol–water partition coefficient (Wildman–Crippen LogP) is 5.10. The summed E-state index contributed by atoms with van der Waals surface area (Å²) in [6.45, 7) is 1.47. The summed E-state index contributed by atoms with van der Waals surface area (Å²) in [6, 6.07) is 23.1. The Hall–Kier alpha value is -3.86. The fourth-order valence-corrected chi connectivity index (χ4v) is 4.19. The molecule has 0 fully saturated rings. The number of rotatable bonds is 4. The van der Waals surface area contributed by atoms with Crippen molar-refractivity contribution in [1.29, 1.82) is 0 Å². The van der Waals surface area contributed by atoms with Gasteiger partial charge in [-0.2, -0.15) is 9.61 Å². The van der Waals surface area contributed by atoms with Gasteiger partial charge in [0.25, 0.3) is 0 Å². The quantitative estimate of drug-likeness (QED) is 0.462. The van der Waals surface area contributed by atoms with Crippen LogP contribution < -0.4 is 10.1 Å². The van der Waals surface area contributed by atoms with Crippen LogP contribution in [0.25, 0.3) is 27.5 Å². The van der Waals surface area contributed by atoms with Crippen LogP contribution in [-0.2, 0) is 13.0 Å². The highest BCUT2D eigenvalue weighted by Gasteiger charge is 2.14. The number of nitrogens with zero attached hydrogens (tertiary/aromatic N) is 3. The van der Waals surface area contributed by atoms with Crippen molar-refractivity contribution < 1.29 is 4.74 Å². The van der Waals surface area contributed by atoms with Crippen LogP contribution in [0.1, 0.15) is 11.1 Å². The van der Waals surface area contributed by atoms with E-state index in [9.17, 15) is 0 Å². The van der Waals surface area contributed by atoms with Crippen LogP contribution >= 0.6 is 0 Å². The Kier molecular flexibility index (Phi) is 3.91. The third kappa shape index (κ3) is 2.78. The number of hydrogen-bond acceptors (Lipinski definition) is 4. The lowest BCUT2D eigenvalue weighted by atomic mass is 10.0. The lowest BCUT2D eigenvalue weighted by molar-refractivity contribution is 0.356. The number of ether oxygens (including phenoxy) is 1. The van der Waals surface area contributed by atoms with Gasteiger partial charge in [-0.15, -0.1) is 0 Å². The van der Waals surface area contributed by atoms with Crippen molar-refractivity contribution in [2.24, 2.45) is 0 Å². The second-order valence-corrected chi connectivity index (χ2v) is 7.54. The van der Waals surface area contributed by atoms with Gasteiger partial charge in [-0.3, -0.25) is 0 Å². The molecule has 0 radical (unpaired) electrons. The lowest BCUT2D eigenvalue weighted by Gasteiger charge is -2.10. The Morgan fingerprint density at radius 1 is 0.967 bits per heavy atom. The molecule has 0 amide bonds. The Balaban J connectivity index is 1.36. The number of anilines is 1. The van der Waals surface area contributed by atoms with Gasteiger partial charge in [-0.1, -0.05) is 54.6 Å². The maximum atomic E-state index is 5.69. The molecular weight excluding hydrogens is 372 g/mol. The van der Waals surface area contributed by atoms with Gasteiger partial charge in [-0.25, -0.2) is 4.98 Å². The van der Waals surface area contributed by atoms with E-state index in [1.807, 2.05) is 23.0 Å². The minimum Gasteiger partial charge on any atom is -0.493 e. The average Bonchev–Trinajstić information content (AvgIpc) is 3.44. The van der Waals surface area contributed by atoms with Crippen LogP contribution in [0.5, 0.6) is 5.75 Å². The van der Waals surface area contributed by atoms with Gasteiger partial charge in [0.1, 0.15) is 11.6 Å². The van der Waals surface area contributed by atoms with E-state index in [2.05, 4.69) is 76.1 Å². The van der Waals surface area contributed by atoms with E-state index in [1.165, 1.54) is 21.9 Å². The van der Waals surface area contributed by atoms with Crippen LogP contribution in [0, 0.1) is 0 Å². The summed E-state index contributed by atoms with van der Waals surface area (Å²) in [7, 11) is 0. The first-order chi connectivity index (χ1) is 14.9. The number of fused-ring (bicyclic) bond motifs is 3. The Morgan fingerprint density at radius 2 is 1.90 bits per heavy atom. The van der Waals surface area contributed by atoms with E-state index in [0.29, 0.717) is 6.54 Å².